The van der Waals surface area contributed by atoms with E-state index in [1.165, 1.54) is 10.9 Å². The third kappa shape index (κ3) is 4.88. The van der Waals surface area contributed by atoms with Gasteiger partial charge in [-0.2, -0.15) is 0 Å². The highest BCUT2D eigenvalue weighted by Gasteiger charge is 2.12. The van der Waals surface area contributed by atoms with Crippen molar-refractivity contribution in [3.05, 3.63) is 56.2 Å². The molecule has 0 bridgehead atoms. The van der Waals surface area contributed by atoms with Crippen molar-refractivity contribution in [3.63, 3.8) is 0 Å². The smallest absolute Gasteiger partial charge is 0.220 e. The Morgan fingerprint density at radius 1 is 1.27 bits per heavy atom. The number of amides is 1. The van der Waals surface area contributed by atoms with Crippen LogP contribution in [-0.4, -0.2) is 5.91 Å². The van der Waals surface area contributed by atoms with Crippen LogP contribution in [0.25, 0.3) is 0 Å². The lowest BCUT2D eigenvalue weighted by atomic mass is 10.1. The van der Waals surface area contributed by atoms with Gasteiger partial charge >= 0.3 is 0 Å². The van der Waals surface area contributed by atoms with Gasteiger partial charge in [0.25, 0.3) is 0 Å². The summed E-state index contributed by atoms with van der Waals surface area (Å²) in [6.07, 6.45) is 2.01. The Kier molecular flexibility index (Phi) is 6.08. The molecule has 118 valence electrons. The van der Waals surface area contributed by atoms with Crippen LogP contribution in [0.15, 0.2) is 34.1 Å². The van der Waals surface area contributed by atoms with Gasteiger partial charge in [0.2, 0.25) is 5.91 Å². The molecule has 1 aromatic heterocycles. The molecule has 0 fully saturated rings. The van der Waals surface area contributed by atoms with E-state index in [-0.39, 0.29) is 11.9 Å². The van der Waals surface area contributed by atoms with Crippen molar-refractivity contribution in [1.82, 2.24) is 5.32 Å². The largest absolute Gasteiger partial charge is 0.350 e. The summed E-state index contributed by atoms with van der Waals surface area (Å²) >= 11 is 5.07. The van der Waals surface area contributed by atoms with Crippen LogP contribution in [0.2, 0.25) is 0 Å². The minimum Gasteiger partial charge on any atom is -0.350 e. The molecule has 1 unspecified atom stereocenters. The highest BCUT2D eigenvalue weighted by atomic mass is 79.9. The molecule has 6 heteroatoms. The predicted molar refractivity (Wildman–Crippen MR) is 87.9 cm³/mol. The van der Waals surface area contributed by atoms with Gasteiger partial charge in [0, 0.05) is 11.3 Å². The van der Waals surface area contributed by atoms with Crippen LogP contribution in [0.1, 0.15) is 36.2 Å². The van der Waals surface area contributed by atoms with Crippen LogP contribution in [0.4, 0.5) is 8.78 Å². The normalized spacial score (nSPS) is 12.2. The van der Waals surface area contributed by atoms with Crippen molar-refractivity contribution >= 4 is 33.2 Å². The summed E-state index contributed by atoms with van der Waals surface area (Å²) < 4.78 is 27.2. The Morgan fingerprint density at radius 3 is 2.68 bits per heavy atom. The van der Waals surface area contributed by atoms with E-state index in [0.717, 1.165) is 28.8 Å². The van der Waals surface area contributed by atoms with Gasteiger partial charge in [-0.25, -0.2) is 8.78 Å². The van der Waals surface area contributed by atoms with Crippen molar-refractivity contribution in [3.8, 4) is 0 Å². The van der Waals surface area contributed by atoms with E-state index < -0.39 is 11.6 Å². The molecule has 0 aliphatic rings. The maximum absolute atomic E-state index is 13.2. The van der Waals surface area contributed by atoms with Crippen molar-refractivity contribution in [2.24, 2.45) is 0 Å². The summed E-state index contributed by atoms with van der Waals surface area (Å²) in [6, 6.07) is 7.35. The Labute approximate surface area is 140 Å². The first-order valence-corrected chi connectivity index (χ1v) is 8.55. The Balaban J connectivity index is 1.79. The summed E-state index contributed by atoms with van der Waals surface area (Å²) in [5, 5.41) is 2.80. The fourth-order valence-corrected chi connectivity index (χ4v) is 3.61. The number of benzene rings is 1. The summed E-state index contributed by atoms with van der Waals surface area (Å²) in [7, 11) is 0. The van der Waals surface area contributed by atoms with E-state index in [1.807, 2.05) is 12.1 Å². The number of halogens is 3. The zero-order chi connectivity index (χ0) is 16.1. The van der Waals surface area contributed by atoms with E-state index in [1.54, 1.807) is 18.3 Å². The third-order valence-electron chi connectivity index (χ3n) is 3.28. The molecule has 2 nitrogen and oxygen atoms in total. The van der Waals surface area contributed by atoms with E-state index in [0.29, 0.717) is 12.0 Å². The molecule has 0 saturated carbocycles. The minimum absolute atomic E-state index is 0.0899. The maximum Gasteiger partial charge on any atom is 0.220 e. The Hall–Kier alpha value is -1.27. The first-order chi connectivity index (χ1) is 10.5. The van der Waals surface area contributed by atoms with Gasteiger partial charge in [0.1, 0.15) is 0 Å². The number of hydrogen-bond acceptors (Lipinski definition) is 2. The first-order valence-electron chi connectivity index (χ1n) is 6.94. The number of rotatable bonds is 6. The average Bonchev–Trinajstić information content (AvgIpc) is 2.87. The van der Waals surface area contributed by atoms with Gasteiger partial charge in [0.05, 0.1) is 9.83 Å². The summed E-state index contributed by atoms with van der Waals surface area (Å²) in [4.78, 5) is 13.1. The standard InChI is InChI=1S/C16H16BrF2NOS/c1-10(11-5-7-13(18)14(19)9-11)20-16(21)4-2-3-12-6-8-15(17)22-12/h5-10H,2-4H2,1H3,(H,20,21). The molecule has 0 aliphatic carbocycles. The van der Waals surface area contributed by atoms with Crippen molar-refractivity contribution in [1.29, 1.82) is 0 Å². The molecular weight excluding hydrogens is 372 g/mol. The van der Waals surface area contributed by atoms with Gasteiger partial charge in [-0.05, 0) is 65.5 Å². The lowest BCUT2D eigenvalue weighted by Gasteiger charge is -2.14. The lowest BCUT2D eigenvalue weighted by Crippen LogP contribution is -2.26. The Morgan fingerprint density at radius 2 is 2.05 bits per heavy atom. The molecule has 1 aromatic carbocycles. The fourth-order valence-electron chi connectivity index (χ4n) is 2.09. The lowest BCUT2D eigenvalue weighted by molar-refractivity contribution is -0.121. The third-order valence-corrected chi connectivity index (χ3v) is 4.96. The molecule has 1 amide bonds. The molecule has 1 atom stereocenters. The summed E-state index contributed by atoms with van der Waals surface area (Å²) in [5.74, 6) is -1.88. The summed E-state index contributed by atoms with van der Waals surface area (Å²) in [5.41, 5.74) is 0.550. The molecule has 0 spiro atoms. The zero-order valence-corrected chi connectivity index (χ0v) is 14.4. The van der Waals surface area contributed by atoms with Crippen LogP contribution >= 0.6 is 27.3 Å². The average molecular weight is 388 g/mol. The molecule has 1 N–H and O–H groups in total. The van der Waals surface area contributed by atoms with Crippen LogP contribution in [0.5, 0.6) is 0 Å². The highest BCUT2D eigenvalue weighted by molar-refractivity contribution is 9.11. The van der Waals surface area contributed by atoms with Crippen molar-refractivity contribution < 1.29 is 13.6 Å². The maximum atomic E-state index is 13.2. The molecule has 0 saturated heterocycles. The topological polar surface area (TPSA) is 29.1 Å². The highest BCUT2D eigenvalue weighted by Crippen LogP contribution is 2.23. The molecule has 2 rings (SSSR count). The van der Waals surface area contributed by atoms with Crippen molar-refractivity contribution in [2.75, 3.05) is 0 Å². The number of carbonyl (C=O) groups excluding carboxylic acids is 1. The molecule has 2 aromatic rings. The van der Waals surface area contributed by atoms with Crippen LogP contribution in [0, 0.1) is 11.6 Å². The number of thiophene rings is 1. The zero-order valence-electron chi connectivity index (χ0n) is 12.0. The van der Waals surface area contributed by atoms with Gasteiger partial charge in [-0.3, -0.25) is 4.79 Å². The minimum atomic E-state index is -0.901. The van der Waals surface area contributed by atoms with Crippen LogP contribution < -0.4 is 5.32 Å². The first kappa shape index (κ1) is 17.1. The quantitative estimate of drug-likeness (QED) is 0.742. The van der Waals surface area contributed by atoms with E-state index in [9.17, 15) is 13.6 Å². The fraction of sp³-hybridized carbons (Fsp3) is 0.312. The SMILES string of the molecule is CC(NC(=O)CCCc1ccc(Br)s1)c1ccc(F)c(F)c1. The number of aryl methyl sites for hydroxylation is 1. The van der Waals surface area contributed by atoms with E-state index in [2.05, 4.69) is 21.2 Å². The second-order valence-electron chi connectivity index (χ2n) is 5.02. The van der Waals surface area contributed by atoms with Gasteiger partial charge in [0.15, 0.2) is 11.6 Å². The van der Waals surface area contributed by atoms with Crippen molar-refractivity contribution in [2.45, 2.75) is 32.2 Å². The summed E-state index contributed by atoms with van der Waals surface area (Å²) in [6.45, 7) is 1.75. The van der Waals surface area contributed by atoms with Gasteiger partial charge in [-0.1, -0.05) is 6.07 Å². The number of hydrogen-bond donors (Lipinski definition) is 1. The molecule has 22 heavy (non-hydrogen) atoms. The predicted octanol–water partition coefficient (Wildman–Crippen LogP) is 4.99. The number of carbonyl (C=O) groups is 1. The van der Waals surface area contributed by atoms with Crippen LogP contribution in [-0.2, 0) is 11.2 Å². The Bertz CT molecular complexity index is 659. The van der Waals surface area contributed by atoms with Crippen LogP contribution in [0.3, 0.4) is 0 Å². The van der Waals surface area contributed by atoms with Gasteiger partial charge in [-0.15, -0.1) is 11.3 Å². The molecular formula is C16H16BrF2NOS. The monoisotopic (exact) mass is 387 g/mol. The molecule has 0 radical (unpaired) electrons. The van der Waals surface area contributed by atoms with E-state index >= 15 is 0 Å². The van der Waals surface area contributed by atoms with E-state index in [4.69, 9.17) is 0 Å². The second-order valence-corrected chi connectivity index (χ2v) is 7.57. The van der Waals surface area contributed by atoms with Gasteiger partial charge < -0.3 is 5.32 Å². The molecule has 1 heterocycles. The number of nitrogens with one attached hydrogen (secondary N) is 1. The molecule has 0 aliphatic heterocycles. The second kappa shape index (κ2) is 7.83.